The molecular formula is C29H24FN3O4S. The number of halogens is 1. The van der Waals surface area contributed by atoms with Crippen molar-refractivity contribution < 1.29 is 22.8 Å². The van der Waals surface area contributed by atoms with Gasteiger partial charge >= 0.3 is 0 Å². The van der Waals surface area contributed by atoms with Crippen molar-refractivity contribution in [3.05, 3.63) is 125 Å². The number of aromatic nitrogens is 1. The van der Waals surface area contributed by atoms with Crippen LogP contribution in [0.5, 0.6) is 0 Å². The van der Waals surface area contributed by atoms with Gasteiger partial charge in [-0.15, -0.1) is 0 Å². The lowest BCUT2D eigenvalue weighted by molar-refractivity contribution is 0.0777. The largest absolute Gasteiger partial charge is 0.481 e. The lowest BCUT2D eigenvalue weighted by Gasteiger charge is -2.26. The van der Waals surface area contributed by atoms with Gasteiger partial charge in [0.15, 0.2) is 5.84 Å². The van der Waals surface area contributed by atoms with Crippen molar-refractivity contribution in [3.63, 3.8) is 0 Å². The summed E-state index contributed by atoms with van der Waals surface area (Å²) in [6.07, 6.45) is 3.51. The summed E-state index contributed by atoms with van der Waals surface area (Å²) in [5, 5.41) is 12.0. The van der Waals surface area contributed by atoms with Crippen LogP contribution in [0.3, 0.4) is 0 Å². The highest BCUT2D eigenvalue weighted by atomic mass is 32.2. The molecule has 0 amide bonds. The molecule has 1 unspecified atom stereocenters. The van der Waals surface area contributed by atoms with E-state index in [4.69, 9.17) is 15.7 Å². The van der Waals surface area contributed by atoms with Gasteiger partial charge in [0.2, 0.25) is 9.84 Å². The van der Waals surface area contributed by atoms with Gasteiger partial charge in [0.05, 0.1) is 9.80 Å². The van der Waals surface area contributed by atoms with Gasteiger partial charge in [-0.2, -0.15) is 0 Å². The molecule has 38 heavy (non-hydrogen) atoms. The fourth-order valence-corrected chi connectivity index (χ4v) is 6.12. The summed E-state index contributed by atoms with van der Waals surface area (Å²) < 4.78 is 47.5. The molecule has 4 aromatic rings. The minimum Gasteiger partial charge on any atom is -0.481 e. The van der Waals surface area contributed by atoms with Gasteiger partial charge in [-0.3, -0.25) is 4.98 Å². The number of oxime groups is 1. The first-order valence-electron chi connectivity index (χ1n) is 11.7. The van der Waals surface area contributed by atoms with Crippen LogP contribution in [0, 0.1) is 5.82 Å². The molecule has 1 atom stereocenters. The molecule has 0 saturated carbocycles. The fraction of sp³-hybridized carbons (Fsp3) is 0.103. The Bertz CT molecular complexity index is 1640. The van der Waals surface area contributed by atoms with Crippen LogP contribution < -0.4 is 5.73 Å². The summed E-state index contributed by atoms with van der Waals surface area (Å²) in [7, 11) is -4.02. The van der Waals surface area contributed by atoms with Gasteiger partial charge in [-0.1, -0.05) is 53.7 Å². The molecule has 3 aromatic carbocycles. The van der Waals surface area contributed by atoms with Gasteiger partial charge < -0.3 is 15.7 Å². The number of hydrogen-bond donors (Lipinski definition) is 2. The molecule has 192 valence electrons. The molecule has 3 N–H and O–H groups in total. The van der Waals surface area contributed by atoms with Crippen molar-refractivity contribution in [1.29, 1.82) is 0 Å². The van der Waals surface area contributed by atoms with Crippen LogP contribution in [0.2, 0.25) is 0 Å². The first kappa shape index (κ1) is 25.2. The van der Waals surface area contributed by atoms with Crippen molar-refractivity contribution in [3.8, 4) is 11.1 Å². The van der Waals surface area contributed by atoms with E-state index in [1.54, 1.807) is 36.7 Å². The van der Waals surface area contributed by atoms with E-state index < -0.39 is 21.3 Å². The second-order valence-corrected chi connectivity index (χ2v) is 11.1. The van der Waals surface area contributed by atoms with Crippen LogP contribution in [0.4, 0.5) is 4.39 Å². The predicted molar refractivity (Wildman–Crippen MR) is 142 cm³/mol. The standard InChI is InChI=1S/C29H24FN3O4S/c1-29(23-8-6-19(7-9-23)20-14-16-32-17-15-20)18-26(38(35,36)25-12-10-24(30)11-13-25)27(37-29)21-2-4-22(5-3-21)28(31)33-34/h2-17,34H,18H2,1H3,(H2,31,33). The minimum absolute atomic E-state index is 0.0273. The maximum Gasteiger partial charge on any atom is 0.206 e. The first-order valence-corrected chi connectivity index (χ1v) is 13.2. The van der Waals surface area contributed by atoms with Crippen LogP contribution in [0.25, 0.3) is 16.9 Å². The van der Waals surface area contributed by atoms with Crippen molar-refractivity contribution in [2.24, 2.45) is 10.9 Å². The molecule has 0 fully saturated rings. The number of nitrogens with zero attached hydrogens (tertiary/aromatic N) is 2. The Kier molecular flexibility index (Phi) is 6.46. The Balaban J connectivity index is 1.57. The van der Waals surface area contributed by atoms with E-state index in [9.17, 15) is 12.8 Å². The number of amidine groups is 1. The smallest absolute Gasteiger partial charge is 0.206 e. The molecular weight excluding hydrogens is 505 g/mol. The Labute approximate surface area is 219 Å². The van der Waals surface area contributed by atoms with Gasteiger partial charge in [0.25, 0.3) is 0 Å². The van der Waals surface area contributed by atoms with E-state index in [0.29, 0.717) is 11.1 Å². The molecule has 0 aliphatic carbocycles. The van der Waals surface area contributed by atoms with Crippen LogP contribution in [0.15, 0.2) is 112 Å². The predicted octanol–water partition coefficient (Wildman–Crippen LogP) is 5.46. The Hall–Kier alpha value is -4.50. The SMILES string of the molecule is CC1(c2ccc(-c3ccncc3)cc2)CC(S(=O)(=O)c2ccc(F)cc2)=C(c2ccc(/C(N)=N\O)cc2)O1. The molecule has 1 aliphatic heterocycles. The number of hydrogen-bond acceptors (Lipinski definition) is 6. The van der Waals surface area contributed by atoms with Crippen LogP contribution in [-0.4, -0.2) is 24.4 Å². The van der Waals surface area contributed by atoms with Gasteiger partial charge in [0.1, 0.15) is 17.2 Å². The quantitative estimate of drug-likeness (QED) is 0.113. The Morgan fingerprint density at radius 3 is 2.11 bits per heavy atom. The summed E-state index contributed by atoms with van der Waals surface area (Å²) in [6.45, 7) is 1.84. The van der Waals surface area contributed by atoms with Crippen molar-refractivity contribution in [2.75, 3.05) is 0 Å². The second kappa shape index (κ2) is 9.75. The topological polar surface area (TPSA) is 115 Å². The van der Waals surface area contributed by atoms with E-state index >= 15 is 0 Å². The summed E-state index contributed by atoms with van der Waals surface area (Å²) in [4.78, 5) is 4.11. The van der Waals surface area contributed by atoms with Crippen molar-refractivity contribution >= 4 is 21.4 Å². The Morgan fingerprint density at radius 1 is 0.921 bits per heavy atom. The number of ether oxygens (including phenoxy) is 1. The molecule has 0 radical (unpaired) electrons. The number of sulfone groups is 1. The molecule has 2 heterocycles. The van der Waals surface area contributed by atoms with Crippen LogP contribution >= 0.6 is 0 Å². The lowest BCUT2D eigenvalue weighted by atomic mass is 9.92. The maximum atomic E-state index is 13.8. The molecule has 7 nitrogen and oxygen atoms in total. The number of pyridine rings is 1. The number of nitrogens with two attached hydrogens (primary N) is 1. The first-order chi connectivity index (χ1) is 18.2. The van der Waals surface area contributed by atoms with Crippen LogP contribution in [0.1, 0.15) is 30.0 Å². The normalized spacial score (nSPS) is 17.9. The Morgan fingerprint density at radius 2 is 1.50 bits per heavy atom. The van der Waals surface area contributed by atoms with E-state index in [2.05, 4.69) is 10.1 Å². The van der Waals surface area contributed by atoms with E-state index in [-0.39, 0.29) is 27.8 Å². The third-order valence-electron chi connectivity index (χ3n) is 6.59. The van der Waals surface area contributed by atoms with E-state index in [1.165, 1.54) is 12.1 Å². The van der Waals surface area contributed by atoms with E-state index in [1.807, 2.05) is 43.3 Å². The average Bonchev–Trinajstić information content (AvgIpc) is 3.33. The second-order valence-electron chi connectivity index (χ2n) is 9.10. The van der Waals surface area contributed by atoms with E-state index in [0.717, 1.165) is 28.8 Å². The van der Waals surface area contributed by atoms with Gasteiger partial charge in [-0.05, 0) is 60.0 Å². The minimum atomic E-state index is -4.02. The highest BCUT2D eigenvalue weighted by Gasteiger charge is 2.44. The molecule has 9 heteroatoms. The third kappa shape index (κ3) is 4.64. The van der Waals surface area contributed by atoms with Crippen LogP contribution in [-0.2, 0) is 20.2 Å². The number of benzene rings is 3. The molecule has 5 rings (SSSR count). The maximum absolute atomic E-state index is 13.8. The summed E-state index contributed by atoms with van der Waals surface area (Å²) >= 11 is 0. The molecule has 1 aromatic heterocycles. The highest BCUT2D eigenvalue weighted by Crippen LogP contribution is 2.48. The summed E-state index contributed by atoms with van der Waals surface area (Å²) in [5.74, 6) is -0.407. The highest BCUT2D eigenvalue weighted by molar-refractivity contribution is 7.95. The fourth-order valence-electron chi connectivity index (χ4n) is 4.47. The molecule has 0 bridgehead atoms. The average molecular weight is 530 g/mol. The lowest BCUT2D eigenvalue weighted by Crippen LogP contribution is -2.21. The summed E-state index contributed by atoms with van der Waals surface area (Å²) in [6, 6.07) is 22.8. The monoisotopic (exact) mass is 529 g/mol. The third-order valence-corrected chi connectivity index (χ3v) is 8.46. The van der Waals surface area contributed by atoms with Gasteiger partial charge in [0, 0.05) is 29.9 Å². The van der Waals surface area contributed by atoms with Crippen molar-refractivity contribution in [1.82, 2.24) is 4.98 Å². The summed E-state index contributed by atoms with van der Waals surface area (Å²) in [5.41, 5.74) is 8.47. The zero-order chi connectivity index (χ0) is 26.9. The molecule has 0 spiro atoms. The zero-order valence-electron chi connectivity index (χ0n) is 20.4. The zero-order valence-corrected chi connectivity index (χ0v) is 21.2. The number of rotatable bonds is 6. The van der Waals surface area contributed by atoms with Gasteiger partial charge in [-0.25, -0.2) is 12.8 Å². The molecule has 0 saturated heterocycles. The molecule has 1 aliphatic rings. The van der Waals surface area contributed by atoms with Crippen molar-refractivity contribution in [2.45, 2.75) is 23.8 Å².